The first kappa shape index (κ1) is 13.3. The van der Waals surface area contributed by atoms with Crippen molar-refractivity contribution in [2.45, 2.75) is 39.7 Å². The highest BCUT2D eigenvalue weighted by Gasteiger charge is 2.27. The Morgan fingerprint density at radius 2 is 2.06 bits per heavy atom. The van der Waals surface area contributed by atoms with Crippen molar-refractivity contribution < 1.29 is 0 Å². The van der Waals surface area contributed by atoms with Crippen LogP contribution in [-0.2, 0) is 6.54 Å². The maximum atomic E-state index is 4.37. The van der Waals surface area contributed by atoms with E-state index >= 15 is 0 Å². The zero-order valence-electron chi connectivity index (χ0n) is 11.9. The number of piperidine rings is 1. The minimum absolute atomic E-state index is 0.574. The van der Waals surface area contributed by atoms with Crippen molar-refractivity contribution >= 4 is 5.82 Å². The minimum atomic E-state index is 0.574. The molecule has 0 aromatic carbocycles. The SMILES string of the molecule is CCC1(C)CCN(Cc2ccc(NC)nc2)CC1. The lowest BCUT2D eigenvalue weighted by atomic mass is 9.78. The summed E-state index contributed by atoms with van der Waals surface area (Å²) in [5.41, 5.74) is 1.89. The van der Waals surface area contributed by atoms with Crippen LogP contribution in [0.25, 0.3) is 0 Å². The summed E-state index contributed by atoms with van der Waals surface area (Å²) in [7, 11) is 1.90. The Kier molecular flexibility index (Phi) is 4.23. The van der Waals surface area contributed by atoms with Gasteiger partial charge in [-0.05, 0) is 43.0 Å². The van der Waals surface area contributed by atoms with Gasteiger partial charge in [-0.2, -0.15) is 0 Å². The van der Waals surface area contributed by atoms with E-state index in [0.717, 1.165) is 12.4 Å². The quantitative estimate of drug-likeness (QED) is 0.886. The Balaban J connectivity index is 1.87. The maximum absolute atomic E-state index is 4.37. The summed E-state index contributed by atoms with van der Waals surface area (Å²) in [4.78, 5) is 6.92. The van der Waals surface area contributed by atoms with E-state index in [1.54, 1.807) is 0 Å². The predicted molar refractivity (Wildman–Crippen MR) is 76.7 cm³/mol. The van der Waals surface area contributed by atoms with Crippen LogP contribution in [0.5, 0.6) is 0 Å². The molecule has 0 radical (unpaired) electrons. The summed E-state index contributed by atoms with van der Waals surface area (Å²) < 4.78 is 0. The first-order valence-corrected chi connectivity index (χ1v) is 7.00. The lowest BCUT2D eigenvalue weighted by molar-refractivity contribution is 0.109. The van der Waals surface area contributed by atoms with Gasteiger partial charge in [-0.1, -0.05) is 26.3 Å². The van der Waals surface area contributed by atoms with Crippen LogP contribution >= 0.6 is 0 Å². The van der Waals surface area contributed by atoms with Gasteiger partial charge in [-0.25, -0.2) is 4.98 Å². The first-order valence-electron chi connectivity index (χ1n) is 7.00. The van der Waals surface area contributed by atoms with Gasteiger partial charge in [0.1, 0.15) is 5.82 Å². The van der Waals surface area contributed by atoms with Crippen LogP contribution in [-0.4, -0.2) is 30.0 Å². The number of hydrogen-bond acceptors (Lipinski definition) is 3. The summed E-state index contributed by atoms with van der Waals surface area (Å²) in [6.45, 7) is 8.22. The number of aromatic nitrogens is 1. The largest absolute Gasteiger partial charge is 0.373 e. The van der Waals surface area contributed by atoms with Crippen molar-refractivity contribution in [1.29, 1.82) is 0 Å². The van der Waals surface area contributed by atoms with Gasteiger partial charge in [-0.15, -0.1) is 0 Å². The average molecular weight is 247 g/mol. The fourth-order valence-corrected chi connectivity index (χ4v) is 2.53. The molecule has 0 amide bonds. The van der Waals surface area contributed by atoms with Gasteiger partial charge in [0.25, 0.3) is 0 Å². The standard InChI is InChI=1S/C15H25N3/c1-4-15(2)7-9-18(10-8-15)12-13-5-6-14(16-3)17-11-13/h5-6,11H,4,7-10,12H2,1-3H3,(H,16,17). The molecular formula is C15H25N3. The average Bonchev–Trinajstić information content (AvgIpc) is 2.42. The van der Waals surface area contributed by atoms with Crippen molar-refractivity contribution in [3.8, 4) is 0 Å². The Morgan fingerprint density at radius 3 is 2.56 bits per heavy atom. The summed E-state index contributed by atoms with van der Waals surface area (Å²) in [6.07, 6.45) is 5.94. The molecule has 0 spiro atoms. The molecule has 1 fully saturated rings. The molecule has 1 saturated heterocycles. The fourth-order valence-electron chi connectivity index (χ4n) is 2.53. The molecule has 1 aliphatic rings. The van der Waals surface area contributed by atoms with E-state index in [0.29, 0.717) is 5.41 Å². The van der Waals surface area contributed by atoms with E-state index in [4.69, 9.17) is 0 Å². The third-order valence-corrected chi connectivity index (χ3v) is 4.40. The second kappa shape index (κ2) is 5.70. The molecule has 0 aliphatic carbocycles. The van der Waals surface area contributed by atoms with Crippen LogP contribution in [0.2, 0.25) is 0 Å². The smallest absolute Gasteiger partial charge is 0.125 e. The molecule has 0 bridgehead atoms. The van der Waals surface area contributed by atoms with E-state index in [-0.39, 0.29) is 0 Å². The molecule has 1 N–H and O–H groups in total. The number of nitrogens with one attached hydrogen (secondary N) is 1. The van der Waals surface area contributed by atoms with Crippen molar-refractivity contribution in [1.82, 2.24) is 9.88 Å². The predicted octanol–water partition coefficient (Wildman–Crippen LogP) is 3.14. The molecule has 1 aromatic heterocycles. The highest BCUT2D eigenvalue weighted by molar-refractivity contribution is 5.34. The number of pyridine rings is 1. The second-order valence-corrected chi connectivity index (χ2v) is 5.74. The minimum Gasteiger partial charge on any atom is -0.373 e. The molecule has 2 heterocycles. The maximum Gasteiger partial charge on any atom is 0.125 e. The normalized spacial score (nSPS) is 19.7. The molecule has 100 valence electrons. The topological polar surface area (TPSA) is 28.2 Å². The van der Waals surface area contributed by atoms with E-state index in [9.17, 15) is 0 Å². The van der Waals surface area contributed by atoms with Gasteiger partial charge in [-0.3, -0.25) is 4.90 Å². The van der Waals surface area contributed by atoms with E-state index in [1.165, 1.54) is 37.9 Å². The van der Waals surface area contributed by atoms with Crippen LogP contribution in [0.3, 0.4) is 0 Å². The van der Waals surface area contributed by atoms with Gasteiger partial charge >= 0.3 is 0 Å². The van der Waals surface area contributed by atoms with E-state index in [2.05, 4.69) is 41.2 Å². The number of hydrogen-bond donors (Lipinski definition) is 1. The third kappa shape index (κ3) is 3.22. The molecule has 3 heteroatoms. The van der Waals surface area contributed by atoms with Crippen molar-refractivity contribution in [2.24, 2.45) is 5.41 Å². The van der Waals surface area contributed by atoms with Crippen LogP contribution in [0.1, 0.15) is 38.7 Å². The fraction of sp³-hybridized carbons (Fsp3) is 0.667. The monoisotopic (exact) mass is 247 g/mol. The molecule has 0 unspecified atom stereocenters. The van der Waals surface area contributed by atoms with E-state index in [1.807, 2.05) is 13.2 Å². The van der Waals surface area contributed by atoms with Crippen molar-refractivity contribution in [3.05, 3.63) is 23.9 Å². The number of anilines is 1. The first-order chi connectivity index (χ1) is 8.65. The summed E-state index contributed by atoms with van der Waals surface area (Å²) >= 11 is 0. The molecule has 1 aliphatic heterocycles. The Bertz CT molecular complexity index is 364. The van der Waals surface area contributed by atoms with Gasteiger partial charge in [0.15, 0.2) is 0 Å². The van der Waals surface area contributed by atoms with Crippen molar-refractivity contribution in [2.75, 3.05) is 25.5 Å². The zero-order chi connectivity index (χ0) is 13.0. The molecule has 3 nitrogen and oxygen atoms in total. The summed E-state index contributed by atoms with van der Waals surface area (Å²) in [5, 5.41) is 3.05. The zero-order valence-corrected chi connectivity index (χ0v) is 11.9. The summed E-state index contributed by atoms with van der Waals surface area (Å²) in [5.74, 6) is 0.941. The number of rotatable bonds is 4. The number of likely N-dealkylation sites (tertiary alicyclic amines) is 1. The molecular weight excluding hydrogens is 222 g/mol. The highest BCUT2D eigenvalue weighted by Crippen LogP contribution is 2.34. The molecule has 0 saturated carbocycles. The van der Waals surface area contributed by atoms with Crippen LogP contribution in [0.15, 0.2) is 18.3 Å². The van der Waals surface area contributed by atoms with Gasteiger partial charge in [0.05, 0.1) is 0 Å². The molecule has 1 aromatic rings. The summed E-state index contributed by atoms with van der Waals surface area (Å²) in [6, 6.07) is 4.22. The van der Waals surface area contributed by atoms with E-state index < -0.39 is 0 Å². The number of nitrogens with zero attached hydrogens (tertiary/aromatic N) is 2. The van der Waals surface area contributed by atoms with Crippen LogP contribution < -0.4 is 5.32 Å². The molecule has 0 atom stereocenters. The lowest BCUT2D eigenvalue weighted by Crippen LogP contribution is -2.37. The Labute approximate surface area is 111 Å². The van der Waals surface area contributed by atoms with Gasteiger partial charge < -0.3 is 5.32 Å². The van der Waals surface area contributed by atoms with Crippen molar-refractivity contribution in [3.63, 3.8) is 0 Å². The Hall–Kier alpha value is -1.09. The Morgan fingerprint density at radius 1 is 1.33 bits per heavy atom. The van der Waals surface area contributed by atoms with Crippen LogP contribution in [0.4, 0.5) is 5.82 Å². The molecule has 2 rings (SSSR count). The lowest BCUT2D eigenvalue weighted by Gasteiger charge is -2.38. The van der Waals surface area contributed by atoms with Gasteiger partial charge in [0.2, 0.25) is 0 Å². The molecule has 18 heavy (non-hydrogen) atoms. The second-order valence-electron chi connectivity index (χ2n) is 5.74. The third-order valence-electron chi connectivity index (χ3n) is 4.40. The highest BCUT2D eigenvalue weighted by atomic mass is 15.1. The van der Waals surface area contributed by atoms with Gasteiger partial charge in [0, 0.05) is 19.8 Å². The van der Waals surface area contributed by atoms with Crippen LogP contribution in [0, 0.1) is 5.41 Å².